The molecule has 0 saturated carbocycles. The summed E-state index contributed by atoms with van der Waals surface area (Å²) in [5.41, 5.74) is 21.6. The van der Waals surface area contributed by atoms with Crippen LogP contribution in [0.5, 0.6) is 0 Å². The maximum absolute atomic E-state index is 7.27. The number of rotatable bonds is 6. The summed E-state index contributed by atoms with van der Waals surface area (Å²) in [6.07, 6.45) is 0. The van der Waals surface area contributed by atoms with Crippen LogP contribution in [0.1, 0.15) is 49.9 Å². The summed E-state index contributed by atoms with van der Waals surface area (Å²) in [6, 6.07) is 77.9. The van der Waals surface area contributed by atoms with E-state index in [1.807, 2.05) is 12.1 Å². The SMILES string of the molecule is CC1(C)c2cc3c(cc2-c2c1cc(N(c1ccccc1)c1cccc4c1oc1ccccc14)c1c2oc2ccccc21)C(C)(C)c1cc(N(c2ccccc2)c2cccc4c2oc2ccccc24)c2oc4ccccc4c2c1-3. The van der Waals surface area contributed by atoms with Gasteiger partial charge in [-0.1, -0.05) is 161 Å². The molecular weight excluding hydrogens is 957 g/mol. The van der Waals surface area contributed by atoms with Crippen LogP contribution >= 0.6 is 0 Å². The number of anilines is 6. The van der Waals surface area contributed by atoms with E-state index in [9.17, 15) is 0 Å². The smallest absolute Gasteiger partial charge is 0.160 e. The van der Waals surface area contributed by atoms with Crippen LogP contribution in [0.15, 0.2) is 236 Å². The van der Waals surface area contributed by atoms with Crippen molar-refractivity contribution in [1.82, 2.24) is 0 Å². The third-order valence-corrected chi connectivity index (χ3v) is 17.4. The van der Waals surface area contributed by atoms with Gasteiger partial charge in [0.25, 0.3) is 0 Å². The Bertz CT molecular complexity index is 5050. The van der Waals surface area contributed by atoms with Crippen LogP contribution < -0.4 is 9.80 Å². The van der Waals surface area contributed by atoms with Crippen LogP contribution in [0, 0.1) is 0 Å². The number of furan rings is 4. The van der Waals surface area contributed by atoms with E-state index in [1.54, 1.807) is 0 Å². The van der Waals surface area contributed by atoms with E-state index in [4.69, 9.17) is 17.7 Å². The minimum atomic E-state index is -0.449. The zero-order chi connectivity index (χ0) is 51.8. The molecule has 0 fully saturated rings. The van der Waals surface area contributed by atoms with Gasteiger partial charge in [0.2, 0.25) is 0 Å². The molecule has 0 atom stereocenters. The zero-order valence-electron chi connectivity index (χ0n) is 43.3. The van der Waals surface area contributed by atoms with Crippen molar-refractivity contribution in [3.63, 3.8) is 0 Å². The molecular formula is C72H48N2O4. The van der Waals surface area contributed by atoms with Crippen LogP contribution in [-0.4, -0.2) is 0 Å². The lowest BCUT2D eigenvalue weighted by atomic mass is 9.79. The average molecular weight is 1010 g/mol. The minimum absolute atomic E-state index is 0.441. The van der Waals surface area contributed by atoms with Crippen LogP contribution in [0.25, 0.3) is 110 Å². The van der Waals surface area contributed by atoms with Crippen LogP contribution in [0.3, 0.4) is 0 Å². The first kappa shape index (κ1) is 43.5. The van der Waals surface area contributed by atoms with Crippen LogP contribution in [0.2, 0.25) is 0 Å². The fourth-order valence-corrected chi connectivity index (χ4v) is 13.8. The fraction of sp³-hybridized carbons (Fsp3) is 0.0833. The Hall–Kier alpha value is -9.78. The minimum Gasteiger partial charge on any atom is -0.455 e. The van der Waals surface area contributed by atoms with Crippen molar-refractivity contribution >= 4 is 122 Å². The van der Waals surface area contributed by atoms with Gasteiger partial charge in [0.1, 0.15) is 27.9 Å². The summed E-state index contributed by atoms with van der Waals surface area (Å²) >= 11 is 0. The number of hydrogen-bond acceptors (Lipinski definition) is 6. The molecule has 78 heavy (non-hydrogen) atoms. The molecule has 4 aromatic heterocycles. The Morgan fingerprint density at radius 1 is 0.282 bits per heavy atom. The molecule has 0 amide bonds. The molecule has 0 aliphatic heterocycles. The molecule has 0 unspecified atom stereocenters. The van der Waals surface area contributed by atoms with Crippen molar-refractivity contribution < 1.29 is 17.7 Å². The topological polar surface area (TPSA) is 59.0 Å². The number of para-hydroxylation sites is 8. The highest BCUT2D eigenvalue weighted by atomic mass is 16.3. The number of nitrogens with zero attached hydrogens (tertiary/aromatic N) is 2. The lowest BCUT2D eigenvalue weighted by Gasteiger charge is -2.29. The van der Waals surface area contributed by atoms with E-state index in [2.05, 4.69) is 244 Å². The normalized spacial score (nSPS) is 14.1. The highest BCUT2D eigenvalue weighted by Gasteiger charge is 2.46. The number of benzene rings is 11. The van der Waals surface area contributed by atoms with Gasteiger partial charge in [0.05, 0.1) is 28.1 Å². The number of hydrogen-bond donors (Lipinski definition) is 0. The average Bonchev–Trinajstić information content (AvgIpc) is 4.19. The van der Waals surface area contributed by atoms with Crippen molar-refractivity contribution in [2.75, 3.05) is 9.80 Å². The van der Waals surface area contributed by atoms with E-state index in [0.29, 0.717) is 0 Å². The lowest BCUT2D eigenvalue weighted by Crippen LogP contribution is -2.18. The molecule has 0 radical (unpaired) electrons. The number of fused-ring (bicyclic) bond motifs is 20. The molecule has 2 aliphatic rings. The second-order valence-electron chi connectivity index (χ2n) is 22.3. The van der Waals surface area contributed by atoms with E-state index in [0.717, 1.165) is 127 Å². The van der Waals surface area contributed by atoms with Gasteiger partial charge in [0, 0.05) is 65.5 Å². The monoisotopic (exact) mass is 1000 g/mol. The third-order valence-electron chi connectivity index (χ3n) is 17.4. The summed E-state index contributed by atoms with van der Waals surface area (Å²) in [5.74, 6) is 0. The largest absolute Gasteiger partial charge is 0.455 e. The molecule has 11 aromatic carbocycles. The van der Waals surface area contributed by atoms with Crippen molar-refractivity contribution in [2.24, 2.45) is 0 Å². The molecule has 15 aromatic rings. The van der Waals surface area contributed by atoms with E-state index < -0.39 is 10.8 Å². The standard InChI is InChI=1S/C72H48N2O4/c1-71(2)51-38-50-52(37-49(51)63-53(71)40-58(69-66(63)48-28-14-18-36-62(48)77-69)74(42-23-9-6-10-24-42)56-32-20-30-46-44-26-12-16-34-60(44)76-68(46)56)72(3,4)54-39-57(65-47-27-13-17-35-61(47)78-70(65)64(50)54)73(41-21-7-5-8-22-41)55-31-19-29-45-43-25-11-15-33-59(43)75-67(45)55/h5-40H,1-4H3. The van der Waals surface area contributed by atoms with Crippen molar-refractivity contribution in [3.8, 4) is 22.3 Å². The zero-order valence-corrected chi connectivity index (χ0v) is 43.3. The Kier molecular flexibility index (Phi) is 8.60. The maximum atomic E-state index is 7.27. The Balaban J connectivity index is 0.923. The van der Waals surface area contributed by atoms with E-state index in [-0.39, 0.29) is 0 Å². The summed E-state index contributed by atoms with van der Waals surface area (Å²) in [5, 5.41) is 8.64. The molecule has 0 N–H and O–H groups in total. The quantitative estimate of drug-likeness (QED) is 0.165. The first-order valence-electron chi connectivity index (χ1n) is 26.9. The predicted octanol–water partition coefficient (Wildman–Crippen LogP) is 20.8. The molecule has 2 aliphatic carbocycles. The molecule has 0 bridgehead atoms. The fourth-order valence-electron chi connectivity index (χ4n) is 13.8. The van der Waals surface area contributed by atoms with Crippen molar-refractivity contribution in [3.05, 3.63) is 241 Å². The van der Waals surface area contributed by atoms with E-state index in [1.165, 1.54) is 38.9 Å². The summed E-state index contributed by atoms with van der Waals surface area (Å²) < 4.78 is 28.1. The highest BCUT2D eigenvalue weighted by Crippen LogP contribution is 2.63. The lowest BCUT2D eigenvalue weighted by molar-refractivity contribution is 0.649. The van der Waals surface area contributed by atoms with Gasteiger partial charge < -0.3 is 27.5 Å². The molecule has 4 heterocycles. The first-order valence-corrected chi connectivity index (χ1v) is 26.9. The molecule has 0 saturated heterocycles. The molecule has 6 nitrogen and oxygen atoms in total. The van der Waals surface area contributed by atoms with Crippen LogP contribution in [0.4, 0.5) is 34.1 Å². The van der Waals surface area contributed by atoms with Crippen molar-refractivity contribution in [1.29, 1.82) is 0 Å². The van der Waals surface area contributed by atoms with E-state index >= 15 is 0 Å². The van der Waals surface area contributed by atoms with Gasteiger partial charge in [-0.25, -0.2) is 0 Å². The van der Waals surface area contributed by atoms with Gasteiger partial charge in [-0.3, -0.25) is 0 Å². The Labute approximate surface area is 448 Å². The second-order valence-corrected chi connectivity index (χ2v) is 22.3. The molecule has 370 valence electrons. The summed E-state index contributed by atoms with van der Waals surface area (Å²) in [4.78, 5) is 4.73. The Morgan fingerprint density at radius 3 is 1.21 bits per heavy atom. The summed E-state index contributed by atoms with van der Waals surface area (Å²) in [6.45, 7) is 9.56. The van der Waals surface area contributed by atoms with Crippen molar-refractivity contribution in [2.45, 2.75) is 38.5 Å². The molecule has 0 spiro atoms. The Morgan fingerprint density at radius 2 is 0.667 bits per heavy atom. The maximum Gasteiger partial charge on any atom is 0.160 e. The van der Waals surface area contributed by atoms with Gasteiger partial charge >= 0.3 is 0 Å². The first-order chi connectivity index (χ1) is 38.2. The molecule has 6 heteroatoms. The van der Waals surface area contributed by atoms with Gasteiger partial charge in [-0.2, -0.15) is 0 Å². The highest BCUT2D eigenvalue weighted by molar-refractivity contribution is 6.23. The van der Waals surface area contributed by atoms with Gasteiger partial charge in [-0.05, 0) is 124 Å². The molecule has 17 rings (SSSR count). The summed E-state index contributed by atoms with van der Waals surface area (Å²) in [7, 11) is 0. The van der Waals surface area contributed by atoms with Crippen LogP contribution in [-0.2, 0) is 10.8 Å². The predicted molar refractivity (Wildman–Crippen MR) is 320 cm³/mol. The van der Waals surface area contributed by atoms with Gasteiger partial charge in [-0.15, -0.1) is 0 Å². The third kappa shape index (κ3) is 5.70. The second kappa shape index (κ2) is 15.4. The van der Waals surface area contributed by atoms with Gasteiger partial charge in [0.15, 0.2) is 16.7 Å².